The zero-order chi connectivity index (χ0) is 21.5. The molecule has 5 heteroatoms. The third-order valence-electron chi connectivity index (χ3n) is 7.16. The standard InChI is InChI=1S/C26H29N3O2/c1-16-21(17(2)28-27-16)12-13-24(30)29-14-4-6-20(15-29)26(31)23-11-10-19-9-8-18-5-3-7-22(23)25(18)19/h3,5,7,10-11,20H,4,6,8-9,12-15H2,1-2H3,(H,27,28)/t20-/m1/s1. The molecule has 2 aliphatic rings. The van der Waals surface area contributed by atoms with Gasteiger partial charge in [-0.1, -0.05) is 30.3 Å². The van der Waals surface area contributed by atoms with Crippen LogP contribution in [-0.4, -0.2) is 39.9 Å². The maximum atomic E-state index is 13.5. The fourth-order valence-corrected chi connectivity index (χ4v) is 5.43. The van der Waals surface area contributed by atoms with E-state index in [-0.39, 0.29) is 17.6 Å². The summed E-state index contributed by atoms with van der Waals surface area (Å²) in [6.45, 7) is 5.24. The molecule has 2 aromatic carbocycles. The molecule has 0 saturated carbocycles. The van der Waals surface area contributed by atoms with Gasteiger partial charge in [-0.05, 0) is 73.4 Å². The van der Waals surface area contributed by atoms with E-state index < -0.39 is 0 Å². The highest BCUT2D eigenvalue weighted by Crippen LogP contribution is 2.34. The van der Waals surface area contributed by atoms with Crippen LogP contribution in [0.3, 0.4) is 0 Å². The Bertz CT molecular complexity index is 1150. The maximum Gasteiger partial charge on any atom is 0.222 e. The van der Waals surface area contributed by atoms with Crippen LogP contribution in [0.1, 0.15) is 57.7 Å². The number of Topliss-reactive ketones (excluding diaryl/α,β-unsaturated/α-hetero) is 1. The van der Waals surface area contributed by atoms with Crippen molar-refractivity contribution < 1.29 is 9.59 Å². The van der Waals surface area contributed by atoms with E-state index in [4.69, 9.17) is 0 Å². The lowest BCUT2D eigenvalue weighted by Crippen LogP contribution is -2.42. The van der Waals surface area contributed by atoms with Gasteiger partial charge in [-0.2, -0.15) is 5.10 Å². The van der Waals surface area contributed by atoms with Crippen molar-refractivity contribution in [2.24, 2.45) is 5.92 Å². The number of aromatic amines is 1. The average molecular weight is 416 g/mol. The minimum absolute atomic E-state index is 0.117. The van der Waals surface area contributed by atoms with Crippen molar-refractivity contribution in [2.45, 2.75) is 52.4 Å². The maximum absolute atomic E-state index is 13.5. The summed E-state index contributed by atoms with van der Waals surface area (Å²) in [4.78, 5) is 28.3. The first-order chi connectivity index (χ1) is 15.0. The lowest BCUT2D eigenvalue weighted by Gasteiger charge is -2.32. The molecule has 0 radical (unpaired) electrons. The van der Waals surface area contributed by atoms with E-state index in [1.165, 1.54) is 16.5 Å². The van der Waals surface area contributed by atoms with Crippen molar-refractivity contribution in [3.8, 4) is 0 Å². The summed E-state index contributed by atoms with van der Waals surface area (Å²) in [5.74, 6) is 0.209. The van der Waals surface area contributed by atoms with Crippen LogP contribution >= 0.6 is 0 Å². The monoisotopic (exact) mass is 415 g/mol. The van der Waals surface area contributed by atoms with E-state index >= 15 is 0 Å². The molecule has 0 bridgehead atoms. The largest absolute Gasteiger partial charge is 0.342 e. The predicted octanol–water partition coefficient (Wildman–Crippen LogP) is 4.33. The summed E-state index contributed by atoms with van der Waals surface area (Å²) in [5.41, 5.74) is 6.66. The topological polar surface area (TPSA) is 66.1 Å². The Hall–Kier alpha value is -2.95. The highest BCUT2D eigenvalue weighted by Gasteiger charge is 2.30. The highest BCUT2D eigenvalue weighted by molar-refractivity contribution is 6.11. The van der Waals surface area contributed by atoms with E-state index in [0.717, 1.165) is 60.1 Å². The normalized spacial score (nSPS) is 18.0. The van der Waals surface area contributed by atoms with Crippen LogP contribution in [0.25, 0.3) is 10.8 Å². The van der Waals surface area contributed by atoms with Crippen molar-refractivity contribution in [2.75, 3.05) is 13.1 Å². The molecule has 0 unspecified atom stereocenters. The number of carbonyl (C=O) groups is 2. The van der Waals surface area contributed by atoms with Gasteiger partial charge in [0.2, 0.25) is 5.91 Å². The number of amides is 1. The lowest BCUT2D eigenvalue weighted by molar-refractivity contribution is -0.132. The van der Waals surface area contributed by atoms with Gasteiger partial charge < -0.3 is 4.90 Å². The smallest absolute Gasteiger partial charge is 0.222 e. The van der Waals surface area contributed by atoms with Gasteiger partial charge in [0, 0.05) is 36.7 Å². The fourth-order valence-electron chi connectivity index (χ4n) is 5.43. The number of hydrogen-bond acceptors (Lipinski definition) is 3. The van der Waals surface area contributed by atoms with Gasteiger partial charge in [0.25, 0.3) is 0 Å². The van der Waals surface area contributed by atoms with E-state index in [1.54, 1.807) is 0 Å². The molecule has 5 rings (SSSR count). The first-order valence-electron chi connectivity index (χ1n) is 11.4. The first kappa shape index (κ1) is 20.0. The minimum Gasteiger partial charge on any atom is -0.342 e. The third kappa shape index (κ3) is 3.56. The zero-order valence-corrected chi connectivity index (χ0v) is 18.3. The Morgan fingerprint density at radius 1 is 1.13 bits per heavy atom. The van der Waals surface area contributed by atoms with Gasteiger partial charge >= 0.3 is 0 Å². The second kappa shape index (κ2) is 7.95. The Morgan fingerprint density at radius 2 is 1.94 bits per heavy atom. The van der Waals surface area contributed by atoms with Gasteiger partial charge in [0.1, 0.15) is 0 Å². The summed E-state index contributed by atoms with van der Waals surface area (Å²) in [6.07, 6.45) is 5.01. The Labute approximate surface area is 182 Å². The van der Waals surface area contributed by atoms with E-state index in [9.17, 15) is 9.59 Å². The van der Waals surface area contributed by atoms with E-state index in [0.29, 0.717) is 19.4 Å². The van der Waals surface area contributed by atoms with Crippen molar-refractivity contribution >= 4 is 22.5 Å². The van der Waals surface area contributed by atoms with Crippen LogP contribution in [0, 0.1) is 19.8 Å². The molecule has 1 aliphatic carbocycles. The molecule has 1 fully saturated rings. The summed E-state index contributed by atoms with van der Waals surface area (Å²) < 4.78 is 0. The summed E-state index contributed by atoms with van der Waals surface area (Å²) in [6, 6.07) is 10.5. The lowest BCUT2D eigenvalue weighted by atomic mass is 9.87. The van der Waals surface area contributed by atoms with Crippen LogP contribution in [0.15, 0.2) is 30.3 Å². The Balaban J connectivity index is 1.31. The number of aromatic nitrogens is 2. The van der Waals surface area contributed by atoms with Crippen molar-refractivity contribution in [3.05, 3.63) is 64.0 Å². The van der Waals surface area contributed by atoms with E-state index in [2.05, 4.69) is 34.5 Å². The minimum atomic E-state index is -0.117. The number of H-pyrrole nitrogens is 1. The predicted molar refractivity (Wildman–Crippen MR) is 121 cm³/mol. The van der Waals surface area contributed by atoms with Gasteiger partial charge in [0.05, 0.1) is 5.69 Å². The number of nitrogens with one attached hydrogen (secondary N) is 1. The molecule has 1 saturated heterocycles. The number of hydrogen-bond donors (Lipinski definition) is 1. The highest BCUT2D eigenvalue weighted by atomic mass is 16.2. The van der Waals surface area contributed by atoms with Crippen LogP contribution in [0.4, 0.5) is 0 Å². The number of aryl methyl sites for hydroxylation is 4. The fraction of sp³-hybridized carbons (Fsp3) is 0.423. The van der Waals surface area contributed by atoms with Crippen LogP contribution < -0.4 is 0 Å². The molecule has 1 aromatic heterocycles. The molecule has 5 nitrogen and oxygen atoms in total. The number of rotatable bonds is 5. The van der Waals surface area contributed by atoms with Gasteiger partial charge in [-0.25, -0.2) is 0 Å². The molecule has 0 spiro atoms. The summed E-state index contributed by atoms with van der Waals surface area (Å²) in [7, 11) is 0. The molecule has 3 aromatic rings. The molecular weight excluding hydrogens is 386 g/mol. The Morgan fingerprint density at radius 3 is 2.71 bits per heavy atom. The number of likely N-dealkylation sites (tertiary alicyclic amines) is 1. The van der Waals surface area contributed by atoms with Crippen molar-refractivity contribution in [1.82, 2.24) is 15.1 Å². The molecule has 1 N–H and O–H groups in total. The Kier molecular flexibility index (Phi) is 5.12. The first-order valence-corrected chi connectivity index (χ1v) is 11.4. The zero-order valence-electron chi connectivity index (χ0n) is 18.3. The number of carbonyl (C=O) groups excluding carboxylic acids is 2. The van der Waals surface area contributed by atoms with Crippen LogP contribution in [0.2, 0.25) is 0 Å². The molecule has 160 valence electrons. The van der Waals surface area contributed by atoms with Gasteiger partial charge in [-0.3, -0.25) is 14.7 Å². The summed E-state index contributed by atoms with van der Waals surface area (Å²) >= 11 is 0. The number of ketones is 1. The number of piperidine rings is 1. The van der Waals surface area contributed by atoms with E-state index in [1.807, 2.05) is 24.8 Å². The molecular formula is C26H29N3O2. The summed E-state index contributed by atoms with van der Waals surface area (Å²) in [5, 5.41) is 9.58. The third-order valence-corrected chi connectivity index (χ3v) is 7.16. The average Bonchev–Trinajstić information content (AvgIpc) is 3.36. The second-order valence-corrected chi connectivity index (χ2v) is 9.07. The van der Waals surface area contributed by atoms with Crippen LogP contribution in [0.5, 0.6) is 0 Å². The van der Waals surface area contributed by atoms with Crippen molar-refractivity contribution in [3.63, 3.8) is 0 Å². The number of nitrogens with zero attached hydrogens (tertiary/aromatic N) is 2. The molecule has 1 aliphatic heterocycles. The molecule has 2 heterocycles. The van der Waals surface area contributed by atoms with Crippen molar-refractivity contribution in [1.29, 1.82) is 0 Å². The quantitative estimate of drug-likeness (QED) is 0.631. The number of benzene rings is 2. The SMILES string of the molecule is Cc1n[nH]c(C)c1CCC(=O)N1CCC[C@@H](C(=O)c2ccc3c4c(cccc24)CC3)C1. The molecule has 31 heavy (non-hydrogen) atoms. The molecule has 1 atom stereocenters. The van der Waals surface area contributed by atoms with Gasteiger partial charge in [0.15, 0.2) is 5.78 Å². The second-order valence-electron chi connectivity index (χ2n) is 9.07. The van der Waals surface area contributed by atoms with Gasteiger partial charge in [-0.15, -0.1) is 0 Å². The van der Waals surface area contributed by atoms with Crippen LogP contribution in [-0.2, 0) is 24.1 Å². The molecule has 1 amide bonds.